The molecule has 0 spiro atoms. The lowest BCUT2D eigenvalue weighted by Gasteiger charge is -2.42. The number of carbonyl (C=O) groups excluding carboxylic acids is 1. The molecule has 0 aliphatic heterocycles. The third-order valence-corrected chi connectivity index (χ3v) is 6.61. The molecule has 0 radical (unpaired) electrons. The summed E-state index contributed by atoms with van der Waals surface area (Å²) in [5.41, 5.74) is -0.154. The van der Waals surface area contributed by atoms with Crippen molar-refractivity contribution in [2.75, 3.05) is 0 Å². The van der Waals surface area contributed by atoms with Gasteiger partial charge in [0, 0.05) is 12.1 Å². The molecule has 0 atom stereocenters. The Labute approximate surface area is 142 Å². The number of amides is 1. The molecule has 1 amide bonds. The summed E-state index contributed by atoms with van der Waals surface area (Å²) in [6.45, 7) is 2.18. The van der Waals surface area contributed by atoms with E-state index in [0.717, 1.165) is 19.3 Å². The van der Waals surface area contributed by atoms with Crippen LogP contribution in [-0.2, 0) is 4.74 Å². The maximum absolute atomic E-state index is 13.2. The lowest BCUT2D eigenvalue weighted by Crippen LogP contribution is -2.51. The van der Waals surface area contributed by atoms with Crippen LogP contribution in [0.25, 0.3) is 0 Å². The fourth-order valence-electron chi connectivity index (χ4n) is 5.10. The third-order valence-electron chi connectivity index (χ3n) is 6.61. The van der Waals surface area contributed by atoms with Gasteiger partial charge in [0.25, 0.3) is 0 Å². The van der Waals surface area contributed by atoms with Crippen LogP contribution in [0.2, 0.25) is 0 Å². The fourth-order valence-corrected chi connectivity index (χ4v) is 5.10. The van der Waals surface area contributed by atoms with E-state index in [2.05, 4.69) is 11.8 Å². The van der Waals surface area contributed by atoms with Crippen molar-refractivity contribution < 1.29 is 9.53 Å². The molecular weight excluding hydrogens is 286 g/mol. The Morgan fingerprint density at radius 3 is 1.78 bits per heavy atom. The molecule has 3 nitrogen and oxygen atoms in total. The fraction of sp³-hybridized carbons (Fsp3) is 0.950. The van der Waals surface area contributed by atoms with E-state index in [4.69, 9.17) is 4.74 Å². The molecule has 3 aliphatic carbocycles. The van der Waals surface area contributed by atoms with Crippen LogP contribution in [0, 0.1) is 0 Å². The Bertz CT molecular complexity index is 359. The Morgan fingerprint density at radius 2 is 1.35 bits per heavy atom. The molecule has 3 aliphatic rings. The summed E-state index contributed by atoms with van der Waals surface area (Å²) >= 11 is 0. The zero-order chi connectivity index (χ0) is 16.1. The maximum Gasteiger partial charge on any atom is 0.410 e. The normalized spacial score (nSPS) is 26.1. The minimum Gasteiger partial charge on any atom is -0.443 e. The molecule has 3 fully saturated rings. The Morgan fingerprint density at radius 1 is 0.870 bits per heavy atom. The molecule has 0 aromatic heterocycles. The molecule has 0 aromatic rings. The predicted octanol–water partition coefficient (Wildman–Crippen LogP) is 5.81. The smallest absolute Gasteiger partial charge is 0.410 e. The molecule has 132 valence electrons. The number of carbonyl (C=O) groups is 1. The van der Waals surface area contributed by atoms with Crippen LogP contribution in [0.1, 0.15) is 103 Å². The van der Waals surface area contributed by atoms with E-state index in [1.54, 1.807) is 0 Å². The Hall–Kier alpha value is -0.730. The molecule has 0 saturated heterocycles. The topological polar surface area (TPSA) is 29.5 Å². The van der Waals surface area contributed by atoms with Crippen LogP contribution in [0.4, 0.5) is 4.79 Å². The van der Waals surface area contributed by atoms with Gasteiger partial charge in [0.1, 0.15) is 5.60 Å². The highest BCUT2D eigenvalue weighted by Crippen LogP contribution is 2.38. The van der Waals surface area contributed by atoms with Crippen molar-refractivity contribution in [2.24, 2.45) is 0 Å². The molecule has 0 bridgehead atoms. The highest BCUT2D eigenvalue weighted by Gasteiger charge is 2.40. The number of hydrogen-bond donors (Lipinski definition) is 0. The summed E-state index contributed by atoms with van der Waals surface area (Å²) in [5, 5.41) is 0. The minimum atomic E-state index is -0.154. The van der Waals surface area contributed by atoms with Gasteiger partial charge in [-0.1, -0.05) is 45.4 Å². The summed E-state index contributed by atoms with van der Waals surface area (Å²) in [7, 11) is 0. The monoisotopic (exact) mass is 321 g/mol. The van der Waals surface area contributed by atoms with Crippen molar-refractivity contribution in [2.45, 2.75) is 121 Å². The third kappa shape index (κ3) is 4.03. The molecule has 0 aromatic carbocycles. The van der Waals surface area contributed by atoms with E-state index in [-0.39, 0.29) is 11.7 Å². The Balaban J connectivity index is 1.71. The predicted molar refractivity (Wildman–Crippen MR) is 93.6 cm³/mol. The summed E-state index contributed by atoms with van der Waals surface area (Å²) in [4.78, 5) is 15.4. The van der Waals surface area contributed by atoms with E-state index < -0.39 is 0 Å². The van der Waals surface area contributed by atoms with Gasteiger partial charge in [-0.15, -0.1) is 0 Å². The zero-order valence-corrected chi connectivity index (χ0v) is 15.0. The van der Waals surface area contributed by atoms with E-state index >= 15 is 0 Å². The molecule has 3 heteroatoms. The van der Waals surface area contributed by atoms with Crippen molar-refractivity contribution in [3.63, 3.8) is 0 Å². The highest BCUT2D eigenvalue weighted by atomic mass is 16.6. The highest BCUT2D eigenvalue weighted by molar-refractivity contribution is 5.69. The van der Waals surface area contributed by atoms with Crippen molar-refractivity contribution in [1.82, 2.24) is 4.90 Å². The quantitative estimate of drug-likeness (QED) is 0.653. The van der Waals surface area contributed by atoms with E-state index in [1.807, 2.05) is 0 Å². The molecule has 3 saturated carbocycles. The summed E-state index contributed by atoms with van der Waals surface area (Å²) < 4.78 is 6.20. The zero-order valence-electron chi connectivity index (χ0n) is 15.0. The van der Waals surface area contributed by atoms with E-state index in [9.17, 15) is 4.79 Å². The first-order valence-corrected chi connectivity index (χ1v) is 10.3. The van der Waals surface area contributed by atoms with Crippen LogP contribution < -0.4 is 0 Å². The second kappa shape index (κ2) is 7.90. The summed E-state index contributed by atoms with van der Waals surface area (Å²) in [5.74, 6) is 0. The van der Waals surface area contributed by atoms with E-state index in [0.29, 0.717) is 12.1 Å². The number of rotatable bonds is 4. The summed E-state index contributed by atoms with van der Waals surface area (Å²) in [6.07, 6.45) is 18.1. The molecule has 23 heavy (non-hydrogen) atoms. The largest absolute Gasteiger partial charge is 0.443 e. The van der Waals surface area contributed by atoms with Crippen LogP contribution in [-0.4, -0.2) is 28.7 Å². The van der Waals surface area contributed by atoms with E-state index in [1.165, 1.54) is 77.0 Å². The first-order valence-electron chi connectivity index (χ1n) is 10.3. The number of nitrogens with zero attached hydrogens (tertiary/aromatic N) is 1. The molecular formula is C20H35NO2. The van der Waals surface area contributed by atoms with Crippen LogP contribution >= 0.6 is 0 Å². The molecule has 0 N–H and O–H groups in total. The number of hydrogen-bond acceptors (Lipinski definition) is 2. The first kappa shape index (κ1) is 17.1. The van der Waals surface area contributed by atoms with Gasteiger partial charge in [-0.2, -0.15) is 0 Å². The lowest BCUT2D eigenvalue weighted by molar-refractivity contribution is -0.0297. The van der Waals surface area contributed by atoms with Crippen molar-refractivity contribution in [3.05, 3.63) is 0 Å². The van der Waals surface area contributed by atoms with Gasteiger partial charge in [0.2, 0.25) is 0 Å². The van der Waals surface area contributed by atoms with Gasteiger partial charge in [-0.3, -0.25) is 0 Å². The van der Waals surface area contributed by atoms with Gasteiger partial charge in [-0.25, -0.2) is 4.79 Å². The van der Waals surface area contributed by atoms with Crippen molar-refractivity contribution in [3.8, 4) is 0 Å². The van der Waals surface area contributed by atoms with Crippen LogP contribution in [0.5, 0.6) is 0 Å². The first-order chi connectivity index (χ1) is 11.2. The standard InChI is InChI=1S/C20H35NO2/c1-2-20(15-9-10-16-20)23-19(22)21(17-11-5-3-6-12-17)18-13-7-4-8-14-18/h17-18H,2-16H2,1H3. The van der Waals surface area contributed by atoms with Gasteiger partial charge in [-0.05, 0) is 57.8 Å². The molecule has 3 rings (SSSR count). The average molecular weight is 322 g/mol. The summed E-state index contributed by atoms with van der Waals surface area (Å²) in [6, 6.07) is 0.879. The minimum absolute atomic E-state index is 0.0209. The molecule has 0 heterocycles. The Kier molecular flexibility index (Phi) is 5.87. The SMILES string of the molecule is CCC1(OC(=O)N(C2CCCCC2)C2CCCCC2)CCCC1. The van der Waals surface area contributed by atoms with Gasteiger partial charge >= 0.3 is 6.09 Å². The second-order valence-corrected chi connectivity index (χ2v) is 8.10. The average Bonchev–Trinajstić information content (AvgIpc) is 3.06. The van der Waals surface area contributed by atoms with Gasteiger partial charge in [0.15, 0.2) is 0 Å². The van der Waals surface area contributed by atoms with Crippen LogP contribution in [0.15, 0.2) is 0 Å². The van der Waals surface area contributed by atoms with Crippen molar-refractivity contribution in [1.29, 1.82) is 0 Å². The second-order valence-electron chi connectivity index (χ2n) is 8.10. The lowest BCUT2D eigenvalue weighted by atomic mass is 9.89. The maximum atomic E-state index is 13.2. The van der Waals surface area contributed by atoms with Gasteiger partial charge in [0.05, 0.1) is 0 Å². The molecule has 0 unspecified atom stereocenters. The van der Waals surface area contributed by atoms with Crippen LogP contribution in [0.3, 0.4) is 0 Å². The van der Waals surface area contributed by atoms with Crippen molar-refractivity contribution >= 4 is 6.09 Å². The van der Waals surface area contributed by atoms with Gasteiger partial charge < -0.3 is 9.64 Å². The number of ether oxygens (including phenoxy) is 1.